The second-order valence-corrected chi connectivity index (χ2v) is 7.11. The highest BCUT2D eigenvalue weighted by Crippen LogP contribution is 2.21. The van der Waals surface area contributed by atoms with E-state index in [1.807, 2.05) is 64.4 Å². The minimum absolute atomic E-state index is 0.00969. The molecule has 0 aliphatic rings. The molecule has 7 heteroatoms. The van der Waals surface area contributed by atoms with Crippen LogP contribution in [-0.2, 0) is 11.2 Å². The third-order valence-corrected chi connectivity index (χ3v) is 5.33. The summed E-state index contributed by atoms with van der Waals surface area (Å²) in [5.74, 6) is 0.630. The van der Waals surface area contributed by atoms with E-state index >= 15 is 0 Å². The Bertz CT molecular complexity index is 938. The van der Waals surface area contributed by atoms with Crippen molar-refractivity contribution < 1.29 is 4.79 Å². The summed E-state index contributed by atoms with van der Waals surface area (Å²) in [5, 5.41) is 5.13. The van der Waals surface area contributed by atoms with Gasteiger partial charge in [0.1, 0.15) is 0 Å². The van der Waals surface area contributed by atoms with Crippen molar-refractivity contribution >= 4 is 23.4 Å². The highest BCUT2D eigenvalue weighted by atomic mass is 32.2. The van der Waals surface area contributed by atoms with Crippen molar-refractivity contribution in [3.8, 4) is 0 Å². The van der Waals surface area contributed by atoms with Crippen molar-refractivity contribution in [3.05, 3.63) is 52.8 Å². The Balaban J connectivity index is 1.87. The van der Waals surface area contributed by atoms with Crippen LogP contribution < -0.4 is 0 Å². The monoisotopic (exact) mass is 369 g/mol. The van der Waals surface area contributed by atoms with Gasteiger partial charge in [-0.15, -0.1) is 5.10 Å². The molecule has 0 spiro atoms. The average Bonchev–Trinajstić information content (AvgIpc) is 3.07. The number of thioether (sulfide) groups is 1. The molecule has 0 aliphatic heterocycles. The number of benzene rings is 1. The molecule has 0 N–H and O–H groups in total. The molecule has 3 rings (SSSR count). The van der Waals surface area contributed by atoms with Crippen LogP contribution in [0.5, 0.6) is 0 Å². The molecule has 1 atom stereocenters. The van der Waals surface area contributed by atoms with Crippen LogP contribution in [0.1, 0.15) is 35.5 Å². The first-order valence-electron chi connectivity index (χ1n) is 8.49. The smallest absolute Gasteiger partial charge is 0.253 e. The Morgan fingerprint density at radius 3 is 2.58 bits per heavy atom. The minimum Gasteiger partial charge on any atom is -0.339 e. The number of carbonyl (C=O) groups is 1. The molecule has 6 nitrogen and oxygen atoms in total. The van der Waals surface area contributed by atoms with E-state index in [2.05, 4.69) is 15.1 Å². The van der Waals surface area contributed by atoms with E-state index in [0.717, 1.165) is 22.5 Å². The van der Waals surface area contributed by atoms with Gasteiger partial charge in [0.25, 0.3) is 5.78 Å². The maximum atomic E-state index is 12.9. The van der Waals surface area contributed by atoms with E-state index in [1.54, 1.807) is 9.42 Å². The summed E-state index contributed by atoms with van der Waals surface area (Å²) < 4.78 is 1.72. The fraction of sp³-hybridized carbons (Fsp3) is 0.368. The number of aryl methyl sites for hydroxylation is 2. The van der Waals surface area contributed by atoms with Gasteiger partial charge in [0, 0.05) is 24.0 Å². The van der Waals surface area contributed by atoms with Crippen molar-refractivity contribution in [2.24, 2.45) is 0 Å². The molecule has 0 fully saturated rings. The van der Waals surface area contributed by atoms with Gasteiger partial charge >= 0.3 is 0 Å². The van der Waals surface area contributed by atoms with Crippen molar-refractivity contribution in [3.63, 3.8) is 0 Å². The second-order valence-electron chi connectivity index (χ2n) is 6.34. The van der Waals surface area contributed by atoms with Crippen molar-refractivity contribution in [1.82, 2.24) is 24.5 Å². The fourth-order valence-corrected chi connectivity index (χ4v) is 3.32. The summed E-state index contributed by atoms with van der Waals surface area (Å²) in [5.41, 5.74) is 3.76. The fourth-order valence-electron chi connectivity index (χ4n) is 2.98. The van der Waals surface area contributed by atoms with Gasteiger partial charge in [-0.25, -0.2) is 9.50 Å². The van der Waals surface area contributed by atoms with E-state index in [9.17, 15) is 4.79 Å². The zero-order chi connectivity index (χ0) is 18.8. The van der Waals surface area contributed by atoms with Gasteiger partial charge in [-0.05, 0) is 32.6 Å². The van der Waals surface area contributed by atoms with E-state index in [4.69, 9.17) is 0 Å². The van der Waals surface area contributed by atoms with Gasteiger partial charge in [-0.1, -0.05) is 42.1 Å². The average molecular weight is 369 g/mol. The summed E-state index contributed by atoms with van der Waals surface area (Å²) in [6.07, 6.45) is 2.23. The van der Waals surface area contributed by atoms with Crippen molar-refractivity contribution in [1.29, 1.82) is 0 Å². The van der Waals surface area contributed by atoms with Gasteiger partial charge < -0.3 is 4.90 Å². The predicted octanol–water partition coefficient (Wildman–Crippen LogP) is 3.23. The molecule has 3 aromatic rings. The number of hydrogen-bond acceptors (Lipinski definition) is 5. The molecule has 2 aromatic heterocycles. The lowest BCUT2D eigenvalue weighted by Gasteiger charge is -2.26. The van der Waals surface area contributed by atoms with Crippen LogP contribution in [0.4, 0.5) is 0 Å². The number of amides is 1. The molecule has 1 aromatic carbocycles. The van der Waals surface area contributed by atoms with Gasteiger partial charge in [-0.3, -0.25) is 4.79 Å². The zero-order valence-corrected chi connectivity index (χ0v) is 16.5. The molecular weight excluding hydrogens is 346 g/mol. The molecule has 0 aliphatic carbocycles. The van der Waals surface area contributed by atoms with Crippen LogP contribution >= 0.6 is 11.8 Å². The first-order chi connectivity index (χ1) is 12.4. The van der Waals surface area contributed by atoms with Crippen LogP contribution in [0.3, 0.4) is 0 Å². The highest BCUT2D eigenvalue weighted by molar-refractivity contribution is 7.98. The molecule has 26 heavy (non-hydrogen) atoms. The van der Waals surface area contributed by atoms with E-state index in [1.165, 1.54) is 11.8 Å². The Hall–Kier alpha value is -2.41. The van der Waals surface area contributed by atoms with E-state index in [0.29, 0.717) is 17.4 Å². The Morgan fingerprint density at radius 2 is 1.92 bits per heavy atom. The standard InChI is InChI=1S/C19H23N5OS/c1-12-16(14(3)24-18(20-12)21-19(22-24)26-5)11-17(25)23(4)13(2)15-9-7-6-8-10-15/h6-10,13H,11H2,1-5H3/t13-/m1/s1. The normalized spacial score (nSPS) is 12.3. The van der Waals surface area contributed by atoms with Gasteiger partial charge in [0.15, 0.2) is 0 Å². The number of hydrogen-bond donors (Lipinski definition) is 0. The number of likely N-dealkylation sites (N-methyl/N-ethyl adjacent to an activating group) is 1. The molecule has 0 radical (unpaired) electrons. The summed E-state index contributed by atoms with van der Waals surface area (Å²) >= 11 is 1.48. The molecule has 0 saturated carbocycles. The van der Waals surface area contributed by atoms with Crippen molar-refractivity contribution in [2.45, 2.75) is 38.4 Å². The SMILES string of the molecule is CSc1nc2nc(C)c(CC(=O)N(C)[C@H](C)c3ccccc3)c(C)n2n1. The highest BCUT2D eigenvalue weighted by Gasteiger charge is 2.21. The number of nitrogens with zero attached hydrogens (tertiary/aromatic N) is 5. The lowest BCUT2D eigenvalue weighted by atomic mass is 10.0. The third kappa shape index (κ3) is 3.44. The first kappa shape index (κ1) is 18.4. The van der Waals surface area contributed by atoms with E-state index in [-0.39, 0.29) is 11.9 Å². The lowest BCUT2D eigenvalue weighted by molar-refractivity contribution is -0.131. The molecule has 0 bridgehead atoms. The maximum Gasteiger partial charge on any atom is 0.253 e. The van der Waals surface area contributed by atoms with Crippen LogP contribution in [0.2, 0.25) is 0 Å². The van der Waals surface area contributed by atoms with Crippen LogP contribution in [0.25, 0.3) is 5.78 Å². The molecular formula is C19H23N5OS. The van der Waals surface area contributed by atoms with Crippen LogP contribution in [-0.4, -0.2) is 43.7 Å². The minimum atomic E-state index is 0.00969. The first-order valence-corrected chi connectivity index (χ1v) is 9.72. The number of carbonyl (C=O) groups excluding carboxylic acids is 1. The summed E-state index contributed by atoms with van der Waals surface area (Å²) in [7, 11) is 1.85. The van der Waals surface area contributed by atoms with Gasteiger partial charge in [0.05, 0.1) is 12.5 Å². The second kappa shape index (κ2) is 7.45. The third-order valence-electron chi connectivity index (χ3n) is 4.80. The molecule has 0 saturated heterocycles. The van der Waals surface area contributed by atoms with Crippen molar-refractivity contribution in [2.75, 3.05) is 13.3 Å². The van der Waals surface area contributed by atoms with Crippen LogP contribution in [0.15, 0.2) is 35.5 Å². The molecule has 2 heterocycles. The Kier molecular flexibility index (Phi) is 5.27. The largest absolute Gasteiger partial charge is 0.339 e. The Labute approximate surface area is 157 Å². The molecule has 1 amide bonds. The number of aromatic nitrogens is 4. The van der Waals surface area contributed by atoms with E-state index < -0.39 is 0 Å². The van der Waals surface area contributed by atoms with Gasteiger partial charge in [-0.2, -0.15) is 4.98 Å². The Morgan fingerprint density at radius 1 is 1.23 bits per heavy atom. The summed E-state index contributed by atoms with van der Waals surface area (Å²) in [4.78, 5) is 23.6. The molecule has 0 unspecified atom stereocenters. The number of fused-ring (bicyclic) bond motifs is 1. The molecule has 136 valence electrons. The predicted molar refractivity (Wildman–Crippen MR) is 103 cm³/mol. The van der Waals surface area contributed by atoms with Gasteiger partial charge in [0.2, 0.25) is 11.1 Å². The lowest BCUT2D eigenvalue weighted by Crippen LogP contribution is -2.31. The zero-order valence-electron chi connectivity index (χ0n) is 15.7. The quantitative estimate of drug-likeness (QED) is 0.646. The summed E-state index contributed by atoms with van der Waals surface area (Å²) in [6.45, 7) is 5.92. The topological polar surface area (TPSA) is 63.4 Å². The van der Waals surface area contributed by atoms with Crippen LogP contribution in [0, 0.1) is 13.8 Å². The summed E-state index contributed by atoms with van der Waals surface area (Å²) in [6, 6.07) is 10.0. The maximum absolute atomic E-state index is 12.9. The number of rotatable bonds is 5.